The van der Waals surface area contributed by atoms with E-state index in [-0.39, 0.29) is 11.9 Å². The molecule has 164 valence electrons. The Morgan fingerprint density at radius 1 is 1.03 bits per heavy atom. The zero-order chi connectivity index (χ0) is 22.1. The van der Waals surface area contributed by atoms with E-state index in [4.69, 9.17) is 4.74 Å². The summed E-state index contributed by atoms with van der Waals surface area (Å²) in [4.78, 5) is 34.5. The largest absolute Gasteiger partial charge is 0.462 e. The van der Waals surface area contributed by atoms with Crippen LogP contribution in [-0.4, -0.2) is 54.5 Å². The third kappa shape index (κ3) is 3.96. The van der Waals surface area contributed by atoms with Gasteiger partial charge in [-0.25, -0.2) is 9.78 Å². The quantitative estimate of drug-likeness (QED) is 0.395. The second-order valence-electron chi connectivity index (χ2n) is 7.66. The number of esters is 1. The summed E-state index contributed by atoms with van der Waals surface area (Å²) in [5.41, 5.74) is 0.451. The number of hydrogen-bond donors (Lipinski definition) is 0. The second-order valence-corrected chi connectivity index (χ2v) is 9.80. The Bertz CT molecular complexity index is 1280. The fourth-order valence-corrected chi connectivity index (χ4v) is 6.51. The molecule has 4 heterocycles. The topological polar surface area (TPSA) is 62.7 Å². The molecule has 1 aliphatic rings. The van der Waals surface area contributed by atoms with Crippen molar-refractivity contribution in [2.75, 3.05) is 37.7 Å². The first-order valence-electron chi connectivity index (χ1n) is 10.7. The lowest BCUT2D eigenvalue weighted by Gasteiger charge is -2.22. The van der Waals surface area contributed by atoms with Gasteiger partial charge in [-0.3, -0.25) is 4.79 Å². The van der Waals surface area contributed by atoms with Crippen molar-refractivity contribution < 1.29 is 14.3 Å². The van der Waals surface area contributed by atoms with E-state index in [0.29, 0.717) is 25.3 Å². The minimum absolute atomic E-state index is 0.106. The molecule has 1 saturated heterocycles. The molecule has 1 aliphatic heterocycles. The van der Waals surface area contributed by atoms with Crippen molar-refractivity contribution in [1.82, 2.24) is 9.88 Å². The third-order valence-electron chi connectivity index (χ3n) is 5.63. The van der Waals surface area contributed by atoms with E-state index >= 15 is 0 Å². The van der Waals surface area contributed by atoms with E-state index < -0.39 is 0 Å². The molecule has 0 saturated carbocycles. The number of carbonyl (C=O) groups is 2. The molecule has 1 fully saturated rings. The van der Waals surface area contributed by atoms with Gasteiger partial charge in [0.25, 0.3) is 5.91 Å². The van der Waals surface area contributed by atoms with Crippen LogP contribution in [-0.2, 0) is 4.74 Å². The molecular weight excluding hydrogens is 442 g/mol. The lowest BCUT2D eigenvalue weighted by atomic mass is 10.2. The molecule has 0 unspecified atom stereocenters. The van der Waals surface area contributed by atoms with E-state index in [1.54, 1.807) is 41.9 Å². The van der Waals surface area contributed by atoms with Crippen LogP contribution in [0.15, 0.2) is 48.7 Å². The molecule has 5 rings (SSSR count). The van der Waals surface area contributed by atoms with Crippen molar-refractivity contribution in [3.63, 3.8) is 0 Å². The second kappa shape index (κ2) is 8.88. The van der Waals surface area contributed by atoms with Gasteiger partial charge in [0, 0.05) is 47.2 Å². The highest BCUT2D eigenvalue weighted by Gasteiger charge is 2.23. The fourth-order valence-electron chi connectivity index (χ4n) is 4.02. The van der Waals surface area contributed by atoms with Gasteiger partial charge in [-0.2, -0.15) is 0 Å². The SMILES string of the molecule is CCOC(=O)c1ccc(N2CCCN(C(=O)c3cc4sc5ccccc5c4s3)CC2)nc1. The number of pyridine rings is 1. The van der Waals surface area contributed by atoms with E-state index in [1.165, 1.54) is 19.5 Å². The zero-order valence-corrected chi connectivity index (χ0v) is 19.4. The first-order valence-corrected chi connectivity index (χ1v) is 12.4. The molecule has 0 bridgehead atoms. The highest BCUT2D eigenvalue weighted by molar-refractivity contribution is 7.33. The maximum absolute atomic E-state index is 13.2. The summed E-state index contributed by atoms with van der Waals surface area (Å²) in [5, 5.41) is 1.23. The van der Waals surface area contributed by atoms with Crippen molar-refractivity contribution in [3.8, 4) is 0 Å². The molecule has 4 aromatic rings. The predicted octanol–water partition coefficient (Wildman–Crippen LogP) is 5.04. The number of anilines is 1. The Morgan fingerprint density at radius 3 is 2.72 bits per heavy atom. The standard InChI is InChI=1S/C24H23N3O3S2/c1-2-30-24(29)16-8-9-21(25-15-16)26-10-5-11-27(13-12-26)23(28)20-14-19-22(32-20)17-6-3-4-7-18(17)31-19/h3-4,6-9,14-15H,2,5,10-13H2,1H3. The summed E-state index contributed by atoms with van der Waals surface area (Å²) in [6.45, 7) is 5.02. The van der Waals surface area contributed by atoms with Crippen molar-refractivity contribution in [3.05, 3.63) is 59.1 Å². The van der Waals surface area contributed by atoms with Crippen molar-refractivity contribution in [2.45, 2.75) is 13.3 Å². The van der Waals surface area contributed by atoms with Gasteiger partial charge in [-0.1, -0.05) is 18.2 Å². The van der Waals surface area contributed by atoms with E-state index in [2.05, 4.69) is 28.1 Å². The lowest BCUT2D eigenvalue weighted by molar-refractivity contribution is 0.0525. The fraction of sp³-hybridized carbons (Fsp3) is 0.292. The number of nitrogens with zero attached hydrogens (tertiary/aromatic N) is 3. The van der Waals surface area contributed by atoms with Crippen LogP contribution in [0.3, 0.4) is 0 Å². The molecule has 1 aromatic carbocycles. The van der Waals surface area contributed by atoms with Gasteiger partial charge in [0.15, 0.2) is 0 Å². The smallest absolute Gasteiger partial charge is 0.339 e. The maximum Gasteiger partial charge on any atom is 0.339 e. The van der Waals surface area contributed by atoms with Crippen LogP contribution in [0.25, 0.3) is 19.5 Å². The molecule has 0 atom stereocenters. The van der Waals surface area contributed by atoms with Gasteiger partial charge >= 0.3 is 5.97 Å². The molecule has 3 aromatic heterocycles. The Balaban J connectivity index is 1.28. The molecule has 0 radical (unpaired) electrons. The van der Waals surface area contributed by atoms with Gasteiger partial charge in [-0.05, 0) is 37.6 Å². The number of hydrogen-bond acceptors (Lipinski definition) is 7. The summed E-state index contributed by atoms with van der Waals surface area (Å²) >= 11 is 3.34. The van der Waals surface area contributed by atoms with Crippen molar-refractivity contribution in [2.24, 2.45) is 0 Å². The number of carbonyl (C=O) groups excluding carboxylic acids is 2. The number of rotatable bonds is 4. The lowest BCUT2D eigenvalue weighted by Crippen LogP contribution is -2.35. The number of benzene rings is 1. The summed E-state index contributed by atoms with van der Waals surface area (Å²) in [7, 11) is 0. The van der Waals surface area contributed by atoms with Gasteiger partial charge in [0.1, 0.15) is 5.82 Å². The van der Waals surface area contributed by atoms with Crippen LogP contribution in [0, 0.1) is 0 Å². The molecule has 0 spiro atoms. The Labute approximate surface area is 194 Å². The zero-order valence-electron chi connectivity index (χ0n) is 17.7. The van der Waals surface area contributed by atoms with Crippen LogP contribution < -0.4 is 4.90 Å². The van der Waals surface area contributed by atoms with Crippen LogP contribution >= 0.6 is 22.7 Å². The normalized spacial score (nSPS) is 14.7. The van der Waals surface area contributed by atoms with Gasteiger partial charge in [0.05, 0.1) is 21.7 Å². The highest BCUT2D eigenvalue weighted by atomic mass is 32.1. The summed E-state index contributed by atoms with van der Waals surface area (Å²) in [6, 6.07) is 14.0. The minimum Gasteiger partial charge on any atom is -0.462 e. The monoisotopic (exact) mass is 465 g/mol. The molecule has 6 nitrogen and oxygen atoms in total. The molecule has 8 heteroatoms. The van der Waals surface area contributed by atoms with Crippen LogP contribution in [0.5, 0.6) is 0 Å². The van der Waals surface area contributed by atoms with Crippen molar-refractivity contribution in [1.29, 1.82) is 0 Å². The van der Waals surface area contributed by atoms with Gasteiger partial charge in [0.2, 0.25) is 0 Å². The number of fused-ring (bicyclic) bond motifs is 3. The number of thiophene rings is 2. The first-order chi connectivity index (χ1) is 15.6. The Hall–Kier alpha value is -2.97. The average molecular weight is 466 g/mol. The number of amides is 1. The Morgan fingerprint density at radius 2 is 1.91 bits per heavy atom. The van der Waals surface area contributed by atoms with Gasteiger partial charge in [-0.15, -0.1) is 22.7 Å². The molecule has 0 N–H and O–H groups in total. The van der Waals surface area contributed by atoms with E-state index in [1.807, 2.05) is 23.1 Å². The summed E-state index contributed by atoms with van der Waals surface area (Å²) < 4.78 is 8.67. The molecule has 1 amide bonds. The molecular formula is C24H23N3O3S2. The van der Waals surface area contributed by atoms with Crippen LogP contribution in [0.4, 0.5) is 5.82 Å². The van der Waals surface area contributed by atoms with Gasteiger partial charge < -0.3 is 14.5 Å². The summed E-state index contributed by atoms with van der Waals surface area (Å²) in [6.07, 6.45) is 2.43. The average Bonchev–Trinajstić information content (AvgIpc) is 3.27. The maximum atomic E-state index is 13.2. The molecule has 0 aliphatic carbocycles. The third-order valence-corrected chi connectivity index (χ3v) is 8.03. The van der Waals surface area contributed by atoms with Crippen molar-refractivity contribution >= 4 is 59.9 Å². The Kier molecular flexibility index (Phi) is 5.80. The summed E-state index contributed by atoms with van der Waals surface area (Å²) in [5.74, 6) is 0.563. The minimum atomic E-state index is -0.359. The predicted molar refractivity (Wildman–Crippen MR) is 130 cm³/mol. The molecule has 32 heavy (non-hydrogen) atoms. The highest BCUT2D eigenvalue weighted by Crippen LogP contribution is 2.39. The van der Waals surface area contributed by atoms with E-state index in [0.717, 1.165) is 30.2 Å². The van der Waals surface area contributed by atoms with Crippen LogP contribution in [0.1, 0.15) is 33.4 Å². The van der Waals surface area contributed by atoms with Crippen LogP contribution in [0.2, 0.25) is 0 Å². The number of aromatic nitrogens is 1. The first kappa shape index (κ1) is 20.9. The van der Waals surface area contributed by atoms with E-state index in [9.17, 15) is 9.59 Å². The number of ether oxygens (including phenoxy) is 1.